The lowest BCUT2D eigenvalue weighted by molar-refractivity contribution is -0.117. The Morgan fingerprint density at radius 3 is 2.30 bits per heavy atom. The summed E-state index contributed by atoms with van der Waals surface area (Å²) in [5.74, 6) is 0.108. The van der Waals surface area contributed by atoms with E-state index in [4.69, 9.17) is 0 Å². The summed E-state index contributed by atoms with van der Waals surface area (Å²) in [6, 6.07) is 7.17. The van der Waals surface area contributed by atoms with Crippen molar-refractivity contribution in [2.75, 3.05) is 25.0 Å². The van der Waals surface area contributed by atoms with Gasteiger partial charge in [-0.25, -0.2) is 0 Å². The van der Waals surface area contributed by atoms with Crippen LogP contribution in [0.3, 0.4) is 0 Å². The number of anilines is 1. The second kappa shape index (κ2) is 7.59. The van der Waals surface area contributed by atoms with Crippen LogP contribution in [0.4, 0.5) is 5.69 Å². The minimum absolute atomic E-state index is 0.00842. The van der Waals surface area contributed by atoms with Crippen molar-refractivity contribution < 1.29 is 9.59 Å². The predicted molar refractivity (Wildman–Crippen MR) is 90.5 cm³/mol. The molecular weight excluding hydrogens is 290 g/mol. The topological polar surface area (TPSA) is 61.4 Å². The molecule has 1 aromatic carbocycles. The molecule has 2 saturated heterocycles. The van der Waals surface area contributed by atoms with Crippen molar-refractivity contribution in [2.45, 2.75) is 44.6 Å². The van der Waals surface area contributed by atoms with E-state index in [2.05, 4.69) is 10.6 Å². The standard InChI is InChI=1S/C18H25N3O2/c22-17(16-6-5-11-19-16)20-15-9-7-14(8-10-15)18(23)21-12-3-1-2-4-13-21/h7-10,16,19H,1-6,11-13H2,(H,20,22). The molecule has 0 saturated carbocycles. The SMILES string of the molecule is O=C(Nc1ccc(C(=O)N2CCCCCC2)cc1)C1CCCN1. The van der Waals surface area contributed by atoms with Crippen LogP contribution >= 0.6 is 0 Å². The van der Waals surface area contributed by atoms with Gasteiger partial charge in [-0.1, -0.05) is 12.8 Å². The first-order valence-corrected chi connectivity index (χ1v) is 8.67. The van der Waals surface area contributed by atoms with Crippen LogP contribution in [0.25, 0.3) is 0 Å². The van der Waals surface area contributed by atoms with E-state index in [0.29, 0.717) is 5.56 Å². The van der Waals surface area contributed by atoms with Crippen LogP contribution in [0.2, 0.25) is 0 Å². The van der Waals surface area contributed by atoms with E-state index in [0.717, 1.165) is 51.0 Å². The first-order chi connectivity index (χ1) is 11.2. The molecule has 0 aromatic heterocycles. The van der Waals surface area contributed by atoms with Crippen molar-refractivity contribution in [1.29, 1.82) is 0 Å². The lowest BCUT2D eigenvalue weighted by atomic mass is 10.1. The summed E-state index contributed by atoms with van der Waals surface area (Å²) in [7, 11) is 0. The smallest absolute Gasteiger partial charge is 0.253 e. The number of hydrogen-bond acceptors (Lipinski definition) is 3. The lowest BCUT2D eigenvalue weighted by Crippen LogP contribution is -2.35. The molecule has 2 fully saturated rings. The van der Waals surface area contributed by atoms with Crippen LogP contribution in [-0.4, -0.2) is 42.4 Å². The van der Waals surface area contributed by atoms with E-state index >= 15 is 0 Å². The third-order valence-electron chi connectivity index (χ3n) is 4.67. The first kappa shape index (κ1) is 16.0. The number of likely N-dealkylation sites (tertiary alicyclic amines) is 1. The number of nitrogens with one attached hydrogen (secondary N) is 2. The lowest BCUT2D eigenvalue weighted by Gasteiger charge is -2.20. The Morgan fingerprint density at radius 1 is 1.00 bits per heavy atom. The van der Waals surface area contributed by atoms with Crippen LogP contribution in [0.1, 0.15) is 48.9 Å². The first-order valence-electron chi connectivity index (χ1n) is 8.67. The Labute approximate surface area is 137 Å². The average molecular weight is 315 g/mol. The normalized spacial score (nSPS) is 21.7. The third kappa shape index (κ3) is 4.10. The Morgan fingerprint density at radius 2 is 1.70 bits per heavy atom. The van der Waals surface area contributed by atoms with Crippen molar-refractivity contribution in [3.8, 4) is 0 Å². The number of hydrogen-bond donors (Lipinski definition) is 2. The van der Waals surface area contributed by atoms with Crippen LogP contribution < -0.4 is 10.6 Å². The summed E-state index contributed by atoms with van der Waals surface area (Å²) in [6.45, 7) is 2.61. The summed E-state index contributed by atoms with van der Waals surface area (Å²) in [6.07, 6.45) is 6.54. The second-order valence-corrected chi connectivity index (χ2v) is 6.42. The van der Waals surface area contributed by atoms with Crippen LogP contribution in [-0.2, 0) is 4.79 Å². The molecule has 0 aliphatic carbocycles. The second-order valence-electron chi connectivity index (χ2n) is 6.42. The van der Waals surface area contributed by atoms with E-state index in [1.807, 2.05) is 29.2 Å². The molecule has 1 unspecified atom stereocenters. The third-order valence-corrected chi connectivity index (χ3v) is 4.67. The molecule has 23 heavy (non-hydrogen) atoms. The summed E-state index contributed by atoms with van der Waals surface area (Å²) < 4.78 is 0. The fourth-order valence-electron chi connectivity index (χ4n) is 3.29. The van der Waals surface area contributed by atoms with Gasteiger partial charge in [-0.05, 0) is 56.5 Å². The van der Waals surface area contributed by atoms with E-state index in [-0.39, 0.29) is 17.9 Å². The van der Waals surface area contributed by atoms with Crippen molar-refractivity contribution in [1.82, 2.24) is 10.2 Å². The summed E-state index contributed by atoms with van der Waals surface area (Å²) in [5.41, 5.74) is 1.44. The number of carbonyl (C=O) groups excluding carboxylic acids is 2. The highest BCUT2D eigenvalue weighted by atomic mass is 16.2. The van der Waals surface area contributed by atoms with Crippen molar-refractivity contribution in [2.24, 2.45) is 0 Å². The van der Waals surface area contributed by atoms with Gasteiger partial charge >= 0.3 is 0 Å². The fraction of sp³-hybridized carbons (Fsp3) is 0.556. The molecule has 2 aliphatic heterocycles. The maximum absolute atomic E-state index is 12.5. The molecule has 3 rings (SSSR count). The summed E-state index contributed by atoms with van der Waals surface area (Å²) in [5, 5.41) is 6.10. The summed E-state index contributed by atoms with van der Waals surface area (Å²) in [4.78, 5) is 26.5. The number of rotatable bonds is 3. The van der Waals surface area contributed by atoms with Gasteiger partial charge in [-0.15, -0.1) is 0 Å². The highest BCUT2D eigenvalue weighted by molar-refractivity contribution is 5.97. The molecule has 0 radical (unpaired) electrons. The van der Waals surface area contributed by atoms with Crippen molar-refractivity contribution >= 4 is 17.5 Å². The van der Waals surface area contributed by atoms with Crippen LogP contribution in [0.15, 0.2) is 24.3 Å². The molecule has 5 nitrogen and oxygen atoms in total. The van der Waals surface area contributed by atoms with Gasteiger partial charge in [-0.3, -0.25) is 9.59 Å². The Kier molecular flexibility index (Phi) is 5.28. The van der Waals surface area contributed by atoms with Gasteiger partial charge in [0, 0.05) is 24.3 Å². The van der Waals surface area contributed by atoms with Gasteiger partial charge in [-0.2, -0.15) is 0 Å². The fourth-order valence-corrected chi connectivity index (χ4v) is 3.29. The van der Waals surface area contributed by atoms with Crippen molar-refractivity contribution in [3.63, 3.8) is 0 Å². The molecule has 5 heteroatoms. The van der Waals surface area contributed by atoms with E-state index in [1.54, 1.807) is 0 Å². The predicted octanol–water partition coefficient (Wildman–Crippen LogP) is 2.39. The van der Waals surface area contributed by atoms with Crippen molar-refractivity contribution in [3.05, 3.63) is 29.8 Å². The number of nitrogens with zero attached hydrogens (tertiary/aromatic N) is 1. The van der Waals surface area contributed by atoms with E-state index < -0.39 is 0 Å². The van der Waals surface area contributed by atoms with Gasteiger partial charge < -0.3 is 15.5 Å². The molecular formula is C18H25N3O2. The highest BCUT2D eigenvalue weighted by Crippen LogP contribution is 2.16. The maximum Gasteiger partial charge on any atom is 0.253 e. The highest BCUT2D eigenvalue weighted by Gasteiger charge is 2.22. The zero-order valence-electron chi connectivity index (χ0n) is 13.5. The Balaban J connectivity index is 1.59. The van der Waals surface area contributed by atoms with E-state index in [9.17, 15) is 9.59 Å². The zero-order valence-corrected chi connectivity index (χ0v) is 13.5. The minimum Gasteiger partial charge on any atom is -0.339 e. The Bertz CT molecular complexity index is 542. The van der Waals surface area contributed by atoms with Crippen LogP contribution in [0.5, 0.6) is 0 Å². The van der Waals surface area contributed by atoms with Gasteiger partial charge in [0.1, 0.15) is 0 Å². The molecule has 2 N–H and O–H groups in total. The van der Waals surface area contributed by atoms with Gasteiger partial charge in [0.15, 0.2) is 0 Å². The molecule has 1 aromatic rings. The number of amides is 2. The van der Waals surface area contributed by atoms with Gasteiger partial charge in [0.2, 0.25) is 5.91 Å². The van der Waals surface area contributed by atoms with Crippen LogP contribution in [0, 0.1) is 0 Å². The summed E-state index contributed by atoms with van der Waals surface area (Å²) >= 11 is 0. The average Bonchev–Trinajstić information content (AvgIpc) is 2.98. The molecule has 1 atom stereocenters. The van der Waals surface area contributed by atoms with E-state index in [1.165, 1.54) is 12.8 Å². The number of benzene rings is 1. The minimum atomic E-state index is -0.0894. The monoisotopic (exact) mass is 315 g/mol. The molecule has 2 amide bonds. The quantitative estimate of drug-likeness (QED) is 0.900. The molecule has 0 spiro atoms. The maximum atomic E-state index is 12.5. The Hall–Kier alpha value is -1.88. The molecule has 0 bridgehead atoms. The number of carbonyl (C=O) groups is 2. The largest absolute Gasteiger partial charge is 0.339 e. The molecule has 124 valence electrons. The van der Waals surface area contributed by atoms with Gasteiger partial charge in [0.05, 0.1) is 6.04 Å². The molecule has 2 heterocycles. The molecule has 2 aliphatic rings. The van der Waals surface area contributed by atoms with Gasteiger partial charge in [0.25, 0.3) is 5.91 Å². The zero-order chi connectivity index (χ0) is 16.1.